The molecule has 0 aromatic heterocycles. The molecule has 2 fully saturated rings. The van der Waals surface area contributed by atoms with E-state index in [4.69, 9.17) is 4.74 Å². The van der Waals surface area contributed by atoms with Gasteiger partial charge in [0, 0.05) is 38.6 Å². The molecule has 0 aromatic carbocycles. The molecule has 0 radical (unpaired) electrons. The molecule has 1 saturated heterocycles. The Balaban J connectivity index is 1.68. The highest BCUT2D eigenvalue weighted by atomic mass is 16.5. The number of hydrogen-bond acceptors (Lipinski definition) is 4. The Bertz CT molecular complexity index is 367. The number of carbonyl (C=O) groups is 1. The predicted octanol–water partition coefficient (Wildman–Crippen LogP) is 1.89. The molecule has 5 heteroatoms. The quantitative estimate of drug-likeness (QED) is 0.838. The first-order valence-electron chi connectivity index (χ1n) is 9.18. The van der Waals surface area contributed by atoms with Gasteiger partial charge in [-0.3, -0.25) is 9.69 Å². The van der Waals surface area contributed by atoms with Crippen LogP contribution in [0.15, 0.2) is 0 Å². The van der Waals surface area contributed by atoms with Crippen LogP contribution in [0.5, 0.6) is 0 Å². The number of aliphatic hydroxyl groups excluding tert-OH is 1. The number of nitrogens with zero attached hydrogens (tertiary/aromatic N) is 2. The van der Waals surface area contributed by atoms with Crippen LogP contribution in [-0.4, -0.2) is 71.8 Å². The molecule has 1 amide bonds. The van der Waals surface area contributed by atoms with E-state index in [0.29, 0.717) is 19.1 Å². The van der Waals surface area contributed by atoms with Crippen molar-refractivity contribution in [1.29, 1.82) is 0 Å². The Morgan fingerprint density at radius 3 is 2.30 bits per heavy atom. The minimum atomic E-state index is -0.463. The van der Waals surface area contributed by atoms with Crippen LogP contribution < -0.4 is 0 Å². The van der Waals surface area contributed by atoms with Crippen LogP contribution in [-0.2, 0) is 9.53 Å². The lowest BCUT2D eigenvalue weighted by molar-refractivity contribution is -0.138. The molecule has 134 valence electrons. The number of carbonyl (C=O) groups excluding carboxylic acids is 1. The second-order valence-electron chi connectivity index (χ2n) is 8.04. The van der Waals surface area contributed by atoms with Gasteiger partial charge in [0.2, 0.25) is 5.91 Å². The third-order valence-corrected chi connectivity index (χ3v) is 4.82. The Hall–Kier alpha value is -0.650. The Morgan fingerprint density at radius 1 is 1.13 bits per heavy atom. The van der Waals surface area contributed by atoms with E-state index in [1.807, 2.05) is 25.7 Å². The zero-order valence-electron chi connectivity index (χ0n) is 15.1. The van der Waals surface area contributed by atoms with E-state index in [1.54, 1.807) is 0 Å². The topological polar surface area (TPSA) is 53.0 Å². The fourth-order valence-corrected chi connectivity index (χ4v) is 3.46. The number of rotatable bonds is 5. The van der Waals surface area contributed by atoms with Crippen molar-refractivity contribution in [2.24, 2.45) is 5.92 Å². The number of hydrogen-bond donors (Lipinski definition) is 1. The van der Waals surface area contributed by atoms with Gasteiger partial charge in [-0.2, -0.15) is 0 Å². The molecule has 1 aliphatic carbocycles. The maximum atomic E-state index is 12.5. The molecular formula is C18H34N2O3. The molecule has 1 unspecified atom stereocenters. The zero-order chi connectivity index (χ0) is 16.9. The summed E-state index contributed by atoms with van der Waals surface area (Å²) in [6.07, 6.45) is 5.37. The highest BCUT2D eigenvalue weighted by Gasteiger charge is 2.29. The van der Waals surface area contributed by atoms with Gasteiger partial charge in [-0.15, -0.1) is 0 Å². The Kier molecular flexibility index (Phi) is 6.86. The van der Waals surface area contributed by atoms with Gasteiger partial charge in [-0.1, -0.05) is 19.3 Å². The fourth-order valence-electron chi connectivity index (χ4n) is 3.46. The van der Waals surface area contributed by atoms with Crippen LogP contribution in [0, 0.1) is 5.92 Å². The summed E-state index contributed by atoms with van der Waals surface area (Å²) >= 11 is 0. The smallest absolute Gasteiger partial charge is 0.225 e. The molecule has 0 spiro atoms. The van der Waals surface area contributed by atoms with Crippen molar-refractivity contribution in [1.82, 2.24) is 9.80 Å². The molecule has 1 saturated carbocycles. The van der Waals surface area contributed by atoms with Gasteiger partial charge >= 0.3 is 0 Å². The molecule has 2 rings (SSSR count). The lowest BCUT2D eigenvalue weighted by atomic mass is 9.88. The van der Waals surface area contributed by atoms with Gasteiger partial charge in [0.05, 0.1) is 18.3 Å². The number of piperazine rings is 1. The van der Waals surface area contributed by atoms with Crippen molar-refractivity contribution in [2.45, 2.75) is 64.6 Å². The molecule has 1 aliphatic heterocycles. The van der Waals surface area contributed by atoms with Gasteiger partial charge in [-0.05, 0) is 33.6 Å². The molecule has 1 atom stereocenters. The molecule has 0 bridgehead atoms. The third kappa shape index (κ3) is 6.40. The minimum Gasteiger partial charge on any atom is -0.389 e. The lowest BCUT2D eigenvalue weighted by Gasteiger charge is -2.38. The van der Waals surface area contributed by atoms with Crippen LogP contribution >= 0.6 is 0 Å². The van der Waals surface area contributed by atoms with Crippen molar-refractivity contribution in [3.05, 3.63) is 0 Å². The lowest BCUT2D eigenvalue weighted by Crippen LogP contribution is -2.52. The number of ether oxygens (including phenoxy) is 1. The van der Waals surface area contributed by atoms with Crippen molar-refractivity contribution in [3.63, 3.8) is 0 Å². The molecule has 0 aromatic rings. The maximum absolute atomic E-state index is 12.5. The Labute approximate surface area is 141 Å². The van der Waals surface area contributed by atoms with Crippen LogP contribution in [0.1, 0.15) is 52.9 Å². The third-order valence-electron chi connectivity index (χ3n) is 4.82. The summed E-state index contributed by atoms with van der Waals surface area (Å²) in [4.78, 5) is 16.8. The molecular weight excluding hydrogens is 292 g/mol. The first kappa shape index (κ1) is 18.7. The van der Waals surface area contributed by atoms with E-state index in [2.05, 4.69) is 4.90 Å². The largest absolute Gasteiger partial charge is 0.389 e. The summed E-state index contributed by atoms with van der Waals surface area (Å²) in [7, 11) is 0. The van der Waals surface area contributed by atoms with Crippen LogP contribution in [0.3, 0.4) is 0 Å². The highest BCUT2D eigenvalue weighted by Crippen LogP contribution is 2.25. The highest BCUT2D eigenvalue weighted by molar-refractivity contribution is 5.79. The van der Waals surface area contributed by atoms with Crippen LogP contribution in [0.2, 0.25) is 0 Å². The van der Waals surface area contributed by atoms with Crippen LogP contribution in [0.25, 0.3) is 0 Å². The summed E-state index contributed by atoms with van der Waals surface area (Å²) in [5.41, 5.74) is -0.216. The summed E-state index contributed by atoms with van der Waals surface area (Å²) < 4.78 is 5.63. The number of amides is 1. The summed E-state index contributed by atoms with van der Waals surface area (Å²) in [5, 5.41) is 10.1. The number of aliphatic hydroxyl groups is 1. The fraction of sp³-hybridized carbons (Fsp3) is 0.944. The van der Waals surface area contributed by atoms with Gasteiger partial charge in [0.25, 0.3) is 0 Å². The molecule has 23 heavy (non-hydrogen) atoms. The van der Waals surface area contributed by atoms with Crippen molar-refractivity contribution in [3.8, 4) is 0 Å². The van der Waals surface area contributed by atoms with E-state index in [0.717, 1.165) is 39.0 Å². The number of β-amino-alcohol motifs (C(OH)–C–C–N with tert-alkyl or cyclic N) is 1. The Morgan fingerprint density at radius 2 is 1.74 bits per heavy atom. The van der Waals surface area contributed by atoms with E-state index < -0.39 is 6.10 Å². The van der Waals surface area contributed by atoms with E-state index in [9.17, 15) is 9.90 Å². The van der Waals surface area contributed by atoms with Gasteiger partial charge in [0.1, 0.15) is 0 Å². The first-order chi connectivity index (χ1) is 10.8. The molecule has 1 N–H and O–H groups in total. The monoisotopic (exact) mass is 326 g/mol. The van der Waals surface area contributed by atoms with E-state index in [-0.39, 0.29) is 11.5 Å². The van der Waals surface area contributed by atoms with Gasteiger partial charge in [0.15, 0.2) is 0 Å². The summed E-state index contributed by atoms with van der Waals surface area (Å²) in [5.74, 6) is 0.627. The maximum Gasteiger partial charge on any atom is 0.225 e. The first-order valence-corrected chi connectivity index (χ1v) is 9.18. The minimum absolute atomic E-state index is 0.216. The van der Waals surface area contributed by atoms with E-state index in [1.165, 1.54) is 19.3 Å². The summed E-state index contributed by atoms with van der Waals surface area (Å²) in [6.45, 7) is 10.3. The molecule has 2 aliphatic rings. The zero-order valence-corrected chi connectivity index (χ0v) is 15.1. The van der Waals surface area contributed by atoms with Crippen molar-refractivity contribution >= 4 is 5.91 Å². The predicted molar refractivity (Wildman–Crippen MR) is 91.3 cm³/mol. The SMILES string of the molecule is CC(C)(C)OCC(O)CN1CCN(C(=O)C2CCCCC2)CC1. The molecule has 5 nitrogen and oxygen atoms in total. The van der Waals surface area contributed by atoms with Gasteiger partial charge < -0.3 is 14.7 Å². The van der Waals surface area contributed by atoms with Gasteiger partial charge in [-0.25, -0.2) is 0 Å². The van der Waals surface area contributed by atoms with Crippen molar-refractivity contribution < 1.29 is 14.6 Å². The standard InChI is InChI=1S/C18H34N2O3/c1-18(2,3)23-14-16(21)13-19-9-11-20(12-10-19)17(22)15-7-5-4-6-8-15/h15-16,21H,4-14H2,1-3H3. The average Bonchev–Trinajstić information content (AvgIpc) is 2.53. The van der Waals surface area contributed by atoms with E-state index >= 15 is 0 Å². The van der Waals surface area contributed by atoms with Crippen LogP contribution in [0.4, 0.5) is 0 Å². The second-order valence-corrected chi connectivity index (χ2v) is 8.04. The second kappa shape index (κ2) is 8.45. The summed E-state index contributed by atoms with van der Waals surface area (Å²) in [6, 6.07) is 0. The normalized spacial score (nSPS) is 23.0. The average molecular weight is 326 g/mol. The van der Waals surface area contributed by atoms with Crippen molar-refractivity contribution in [2.75, 3.05) is 39.3 Å². The molecule has 1 heterocycles.